The van der Waals surface area contributed by atoms with Crippen LogP contribution in [0, 0.1) is 0 Å². The Morgan fingerprint density at radius 2 is 2.12 bits per heavy atom. The summed E-state index contributed by atoms with van der Waals surface area (Å²) in [7, 11) is 0. The lowest BCUT2D eigenvalue weighted by atomic mass is 9.98. The highest BCUT2D eigenvalue weighted by Gasteiger charge is 2.24. The molecular weight excluding hydrogens is 350 g/mol. The maximum Gasteiger partial charge on any atom is 0.168 e. The summed E-state index contributed by atoms with van der Waals surface area (Å²) in [6.45, 7) is 7.81. The van der Waals surface area contributed by atoms with Crippen LogP contribution < -0.4 is 5.32 Å². The summed E-state index contributed by atoms with van der Waals surface area (Å²) in [5.41, 5.74) is 1.13. The number of thiazole rings is 1. The average Bonchev–Trinajstić information content (AvgIpc) is 3.05. The number of hydrogen-bond donors (Lipinski definition) is 1. The number of nitrogens with zero attached hydrogens (tertiary/aromatic N) is 2. The number of fused-ring (bicyclic) bond motifs is 1. The van der Waals surface area contributed by atoms with Crippen LogP contribution in [0.1, 0.15) is 44.0 Å². The molecule has 6 heteroatoms. The minimum atomic E-state index is 0.300. The number of hydrogen-bond acceptors (Lipinski definition) is 4. The van der Waals surface area contributed by atoms with Crippen molar-refractivity contribution < 1.29 is 4.74 Å². The number of rotatable bonds is 6. The first-order chi connectivity index (χ1) is 12.1. The van der Waals surface area contributed by atoms with Gasteiger partial charge in [0.2, 0.25) is 0 Å². The molecule has 2 heterocycles. The summed E-state index contributed by atoms with van der Waals surface area (Å²) in [5, 5.41) is 5.53. The van der Waals surface area contributed by atoms with Crippen LogP contribution in [0.25, 0.3) is 10.2 Å². The monoisotopic (exact) mass is 377 g/mol. The normalized spacial score (nSPS) is 15.9. The molecule has 0 amide bonds. The van der Waals surface area contributed by atoms with Crippen molar-refractivity contribution in [2.24, 2.45) is 0 Å². The molecular formula is C19H27N3OS2. The molecule has 0 aliphatic carbocycles. The van der Waals surface area contributed by atoms with E-state index in [0.29, 0.717) is 12.0 Å². The van der Waals surface area contributed by atoms with E-state index in [2.05, 4.69) is 48.3 Å². The summed E-state index contributed by atoms with van der Waals surface area (Å²) in [5.74, 6) is 0.566. The van der Waals surface area contributed by atoms with Crippen LogP contribution in [0.15, 0.2) is 24.3 Å². The van der Waals surface area contributed by atoms with Crippen molar-refractivity contribution in [2.75, 3.05) is 26.2 Å². The molecule has 0 saturated carbocycles. The van der Waals surface area contributed by atoms with E-state index < -0.39 is 0 Å². The van der Waals surface area contributed by atoms with Gasteiger partial charge in [-0.1, -0.05) is 12.1 Å². The van der Waals surface area contributed by atoms with Gasteiger partial charge in [-0.05, 0) is 57.5 Å². The van der Waals surface area contributed by atoms with E-state index in [0.717, 1.165) is 56.1 Å². The van der Waals surface area contributed by atoms with Gasteiger partial charge in [-0.15, -0.1) is 11.3 Å². The lowest BCUT2D eigenvalue weighted by Crippen LogP contribution is -2.44. The highest BCUT2D eigenvalue weighted by molar-refractivity contribution is 7.80. The van der Waals surface area contributed by atoms with Gasteiger partial charge < -0.3 is 15.0 Å². The van der Waals surface area contributed by atoms with Gasteiger partial charge in [-0.3, -0.25) is 0 Å². The van der Waals surface area contributed by atoms with Crippen molar-refractivity contribution in [3.05, 3.63) is 29.3 Å². The van der Waals surface area contributed by atoms with Crippen LogP contribution in [0.3, 0.4) is 0 Å². The first kappa shape index (κ1) is 18.5. The molecule has 0 bridgehead atoms. The SMILES string of the molecule is CC(C)OCCCNC(=S)N1CCC(c2nc3ccccc3s2)CC1. The number of para-hydroxylation sites is 1. The van der Waals surface area contributed by atoms with E-state index in [1.807, 2.05) is 11.3 Å². The van der Waals surface area contributed by atoms with Gasteiger partial charge in [-0.2, -0.15) is 0 Å². The maximum absolute atomic E-state index is 5.55. The molecule has 0 radical (unpaired) electrons. The third kappa shape index (κ3) is 5.12. The standard InChI is InChI=1S/C19H27N3OS2/c1-14(2)23-13-5-10-20-19(24)22-11-8-15(9-12-22)18-21-16-6-3-4-7-17(16)25-18/h3-4,6-7,14-15H,5,8-13H2,1-2H3,(H,20,24). The van der Waals surface area contributed by atoms with E-state index in [-0.39, 0.29) is 0 Å². The third-order valence-electron chi connectivity index (χ3n) is 4.49. The minimum absolute atomic E-state index is 0.300. The summed E-state index contributed by atoms with van der Waals surface area (Å²) in [6, 6.07) is 8.41. The lowest BCUT2D eigenvalue weighted by molar-refractivity contribution is 0.0776. The molecule has 1 saturated heterocycles. The van der Waals surface area contributed by atoms with E-state index in [9.17, 15) is 0 Å². The van der Waals surface area contributed by atoms with Crippen molar-refractivity contribution in [2.45, 2.75) is 45.1 Å². The molecule has 0 spiro atoms. The Bertz CT molecular complexity index is 660. The Morgan fingerprint density at radius 3 is 2.84 bits per heavy atom. The number of benzene rings is 1. The molecule has 1 aromatic carbocycles. The number of ether oxygens (including phenoxy) is 1. The molecule has 4 nitrogen and oxygen atoms in total. The zero-order valence-electron chi connectivity index (χ0n) is 15.0. The van der Waals surface area contributed by atoms with Crippen LogP contribution in [-0.4, -0.2) is 47.3 Å². The number of likely N-dealkylation sites (tertiary alicyclic amines) is 1. The number of aromatic nitrogens is 1. The van der Waals surface area contributed by atoms with Crippen LogP contribution in [-0.2, 0) is 4.74 Å². The Morgan fingerprint density at radius 1 is 1.36 bits per heavy atom. The lowest BCUT2D eigenvalue weighted by Gasteiger charge is -2.33. The number of nitrogens with one attached hydrogen (secondary N) is 1. The Labute approximate surface area is 159 Å². The second-order valence-electron chi connectivity index (χ2n) is 6.79. The predicted molar refractivity (Wildman–Crippen MR) is 109 cm³/mol. The molecule has 136 valence electrons. The largest absolute Gasteiger partial charge is 0.379 e. The molecule has 0 unspecified atom stereocenters. The number of thiocarbonyl (C=S) groups is 1. The molecule has 25 heavy (non-hydrogen) atoms. The molecule has 2 aromatic rings. The van der Waals surface area contributed by atoms with Crippen molar-refractivity contribution in [3.63, 3.8) is 0 Å². The maximum atomic E-state index is 5.55. The van der Waals surface area contributed by atoms with E-state index >= 15 is 0 Å². The van der Waals surface area contributed by atoms with Gasteiger partial charge in [0.05, 0.1) is 21.3 Å². The highest BCUT2D eigenvalue weighted by atomic mass is 32.1. The van der Waals surface area contributed by atoms with Crippen LogP contribution in [0.5, 0.6) is 0 Å². The summed E-state index contributed by atoms with van der Waals surface area (Å²) >= 11 is 7.39. The van der Waals surface area contributed by atoms with Crippen molar-refractivity contribution >= 4 is 38.9 Å². The second kappa shape index (κ2) is 8.92. The van der Waals surface area contributed by atoms with E-state index in [1.165, 1.54) is 9.71 Å². The van der Waals surface area contributed by atoms with Gasteiger partial charge in [0.1, 0.15) is 0 Å². The fourth-order valence-corrected chi connectivity index (χ4v) is 4.51. The molecule has 1 aromatic heterocycles. The second-order valence-corrected chi connectivity index (χ2v) is 8.24. The Balaban J connectivity index is 1.42. The van der Waals surface area contributed by atoms with Gasteiger partial charge >= 0.3 is 0 Å². The summed E-state index contributed by atoms with van der Waals surface area (Å²) in [4.78, 5) is 7.12. The first-order valence-corrected chi connectivity index (χ1v) is 10.4. The highest BCUT2D eigenvalue weighted by Crippen LogP contribution is 2.33. The third-order valence-corrected chi connectivity index (χ3v) is 6.09. The predicted octanol–water partition coefficient (Wildman–Crippen LogP) is 4.17. The fraction of sp³-hybridized carbons (Fsp3) is 0.579. The van der Waals surface area contributed by atoms with Gasteiger partial charge in [-0.25, -0.2) is 4.98 Å². The molecule has 1 aliphatic rings. The van der Waals surface area contributed by atoms with Crippen molar-refractivity contribution in [3.8, 4) is 0 Å². The van der Waals surface area contributed by atoms with Crippen LogP contribution in [0.4, 0.5) is 0 Å². The first-order valence-electron chi connectivity index (χ1n) is 9.13. The fourth-order valence-electron chi connectivity index (χ4n) is 3.09. The molecule has 3 rings (SSSR count). The quantitative estimate of drug-likeness (QED) is 0.604. The smallest absolute Gasteiger partial charge is 0.168 e. The average molecular weight is 378 g/mol. The Hall–Kier alpha value is -1.24. The summed E-state index contributed by atoms with van der Waals surface area (Å²) in [6.07, 6.45) is 3.53. The minimum Gasteiger partial charge on any atom is -0.379 e. The molecule has 0 atom stereocenters. The summed E-state index contributed by atoms with van der Waals surface area (Å²) < 4.78 is 6.85. The number of piperidine rings is 1. The molecule has 1 aliphatic heterocycles. The Kier molecular flexibility index (Phi) is 6.62. The zero-order valence-corrected chi connectivity index (χ0v) is 16.7. The van der Waals surface area contributed by atoms with E-state index in [4.69, 9.17) is 21.9 Å². The molecule has 1 fully saturated rings. The van der Waals surface area contributed by atoms with Gasteiger partial charge in [0.15, 0.2) is 5.11 Å². The van der Waals surface area contributed by atoms with Crippen LogP contribution >= 0.6 is 23.6 Å². The van der Waals surface area contributed by atoms with Crippen molar-refractivity contribution in [1.29, 1.82) is 0 Å². The van der Waals surface area contributed by atoms with Gasteiger partial charge in [0, 0.05) is 32.2 Å². The van der Waals surface area contributed by atoms with Crippen LogP contribution in [0.2, 0.25) is 0 Å². The zero-order chi connectivity index (χ0) is 17.6. The van der Waals surface area contributed by atoms with E-state index in [1.54, 1.807) is 0 Å². The topological polar surface area (TPSA) is 37.4 Å². The van der Waals surface area contributed by atoms with Crippen molar-refractivity contribution in [1.82, 2.24) is 15.2 Å². The van der Waals surface area contributed by atoms with Gasteiger partial charge in [0.25, 0.3) is 0 Å². The molecule has 1 N–H and O–H groups in total.